The maximum atomic E-state index is 13.0. The molecule has 1 aromatic carbocycles. The predicted octanol–water partition coefficient (Wildman–Crippen LogP) is 7.73. The molecule has 0 saturated heterocycles. The molecule has 1 aliphatic carbocycles. The summed E-state index contributed by atoms with van der Waals surface area (Å²) in [6.45, 7) is 21.7. The Balaban J connectivity index is 2.16. The molecule has 2 rings (SSSR count). The Morgan fingerprint density at radius 2 is 1.64 bits per heavy atom. The second-order valence-electron chi connectivity index (χ2n) is 13.1. The van der Waals surface area contributed by atoms with Crippen molar-refractivity contribution in [3.63, 3.8) is 0 Å². The zero-order valence-corrected chi connectivity index (χ0v) is 25.3. The molecule has 0 unspecified atom stereocenters. The normalized spacial score (nSPS) is 24.2. The van der Waals surface area contributed by atoms with Gasteiger partial charge in [0.1, 0.15) is 12.4 Å². The summed E-state index contributed by atoms with van der Waals surface area (Å²) in [5.41, 5.74) is 1.19. The minimum absolute atomic E-state index is 0.0362. The van der Waals surface area contributed by atoms with Crippen LogP contribution in [0.1, 0.15) is 80.2 Å². The van der Waals surface area contributed by atoms with Crippen molar-refractivity contribution in [2.75, 3.05) is 0 Å². The molecular formula is C31H50O4Si. The third kappa shape index (κ3) is 7.64. The van der Waals surface area contributed by atoms with Gasteiger partial charge in [0.15, 0.2) is 8.32 Å². The van der Waals surface area contributed by atoms with E-state index in [1.807, 2.05) is 26.0 Å². The van der Waals surface area contributed by atoms with Gasteiger partial charge in [-0.15, -0.1) is 0 Å². The molecule has 0 heterocycles. The molecule has 0 spiro atoms. The topological polar surface area (TPSA) is 52.6 Å². The Morgan fingerprint density at radius 1 is 1.03 bits per heavy atom. The van der Waals surface area contributed by atoms with Gasteiger partial charge in [0, 0.05) is 23.8 Å². The summed E-state index contributed by atoms with van der Waals surface area (Å²) in [5, 5.41) is 0.0362. The molecule has 36 heavy (non-hydrogen) atoms. The fourth-order valence-corrected chi connectivity index (χ4v) is 6.65. The number of carbonyl (C=O) groups is 2. The number of benzene rings is 1. The van der Waals surface area contributed by atoms with Crippen LogP contribution in [0.5, 0.6) is 0 Å². The van der Waals surface area contributed by atoms with Crippen LogP contribution in [-0.2, 0) is 24.2 Å². The van der Waals surface area contributed by atoms with Crippen molar-refractivity contribution in [3.8, 4) is 0 Å². The highest BCUT2D eigenvalue weighted by Crippen LogP contribution is 2.44. The van der Waals surface area contributed by atoms with Crippen LogP contribution in [0.15, 0.2) is 42.5 Å². The van der Waals surface area contributed by atoms with Gasteiger partial charge < -0.3 is 14.0 Å². The first-order valence-electron chi connectivity index (χ1n) is 13.7. The molecule has 1 fully saturated rings. The van der Waals surface area contributed by atoms with Crippen LogP contribution in [0.3, 0.4) is 0 Å². The number of rotatable bonds is 10. The maximum Gasteiger partial charge on any atom is 0.330 e. The highest BCUT2D eigenvalue weighted by Gasteiger charge is 2.43. The first-order chi connectivity index (χ1) is 16.6. The van der Waals surface area contributed by atoms with Crippen molar-refractivity contribution < 1.29 is 18.8 Å². The lowest BCUT2D eigenvalue weighted by molar-refractivity contribution is -0.150. The second kappa shape index (κ2) is 12.2. The van der Waals surface area contributed by atoms with Gasteiger partial charge >= 0.3 is 5.97 Å². The number of hydrogen-bond acceptors (Lipinski definition) is 4. The van der Waals surface area contributed by atoms with E-state index in [2.05, 4.69) is 78.9 Å². The summed E-state index contributed by atoms with van der Waals surface area (Å²) < 4.78 is 12.8. The molecule has 0 N–H and O–H groups in total. The highest BCUT2D eigenvalue weighted by atomic mass is 28.4. The van der Waals surface area contributed by atoms with E-state index in [1.54, 1.807) is 6.08 Å². The van der Waals surface area contributed by atoms with E-state index in [4.69, 9.17) is 9.16 Å². The Bertz CT molecular complexity index is 884. The smallest absolute Gasteiger partial charge is 0.330 e. The first kappa shape index (κ1) is 30.5. The lowest BCUT2D eigenvalue weighted by Gasteiger charge is -2.43. The van der Waals surface area contributed by atoms with Crippen molar-refractivity contribution in [3.05, 3.63) is 48.0 Å². The molecule has 1 saturated carbocycles. The Hall–Kier alpha value is -1.72. The van der Waals surface area contributed by atoms with Crippen LogP contribution >= 0.6 is 0 Å². The Morgan fingerprint density at radius 3 is 2.19 bits per heavy atom. The van der Waals surface area contributed by atoms with Crippen LogP contribution in [0.2, 0.25) is 18.1 Å². The van der Waals surface area contributed by atoms with E-state index in [-0.39, 0.29) is 46.4 Å². The molecule has 202 valence electrons. The second-order valence-corrected chi connectivity index (χ2v) is 17.9. The van der Waals surface area contributed by atoms with Crippen molar-refractivity contribution >= 4 is 20.6 Å². The van der Waals surface area contributed by atoms with Gasteiger partial charge in [0.05, 0.1) is 6.10 Å². The van der Waals surface area contributed by atoms with Gasteiger partial charge in [0.2, 0.25) is 0 Å². The standard InChI is InChI=1S/C31H50O4Si/c1-22-16-18-26(31(7,8)25-14-12-11-13-15-25)27(20-22)34-28(33)19-17-23(2)29(24(3)21-32)35-36(9,10)30(4,5)6/h11-15,17,19,21-24,26-27,29H,16,18,20H2,1-10H3/b19-17+/t22-,23+,24-,26-,27-,29+/m1/s1. The lowest BCUT2D eigenvalue weighted by atomic mass is 9.64. The van der Waals surface area contributed by atoms with Crippen LogP contribution in [-0.4, -0.2) is 32.8 Å². The van der Waals surface area contributed by atoms with Crippen LogP contribution in [0.25, 0.3) is 0 Å². The van der Waals surface area contributed by atoms with Gasteiger partial charge in [-0.3, -0.25) is 0 Å². The summed E-state index contributed by atoms with van der Waals surface area (Å²) in [5.74, 6) is 0.137. The molecule has 0 radical (unpaired) electrons. The number of aldehydes is 1. The molecule has 1 aliphatic rings. The minimum atomic E-state index is -2.08. The fraction of sp³-hybridized carbons (Fsp3) is 0.677. The van der Waals surface area contributed by atoms with Gasteiger partial charge in [-0.1, -0.05) is 98.2 Å². The maximum absolute atomic E-state index is 13.0. The van der Waals surface area contributed by atoms with E-state index in [9.17, 15) is 9.59 Å². The summed E-state index contributed by atoms with van der Waals surface area (Å²) in [6, 6.07) is 10.6. The largest absolute Gasteiger partial charge is 0.459 e. The quantitative estimate of drug-likeness (QED) is 0.139. The third-order valence-corrected chi connectivity index (χ3v) is 13.3. The molecule has 0 aromatic heterocycles. The molecular weight excluding hydrogens is 464 g/mol. The summed E-state index contributed by atoms with van der Waals surface area (Å²) in [4.78, 5) is 24.7. The van der Waals surface area contributed by atoms with Crippen molar-refractivity contribution in [2.24, 2.45) is 23.7 Å². The van der Waals surface area contributed by atoms with E-state index >= 15 is 0 Å². The van der Waals surface area contributed by atoms with Crippen LogP contribution in [0.4, 0.5) is 0 Å². The van der Waals surface area contributed by atoms with Gasteiger partial charge in [0.25, 0.3) is 0 Å². The Kier molecular flexibility index (Phi) is 10.3. The monoisotopic (exact) mass is 514 g/mol. The third-order valence-electron chi connectivity index (χ3n) is 8.79. The molecule has 1 aromatic rings. The number of carbonyl (C=O) groups excluding carboxylic acids is 2. The van der Waals surface area contributed by atoms with Gasteiger partial charge in [-0.05, 0) is 47.9 Å². The fourth-order valence-electron chi connectivity index (χ4n) is 5.18. The molecule has 6 atom stereocenters. The average molecular weight is 515 g/mol. The molecule has 0 bridgehead atoms. The average Bonchev–Trinajstić information content (AvgIpc) is 2.80. The van der Waals surface area contributed by atoms with Gasteiger partial charge in [-0.25, -0.2) is 4.79 Å². The predicted molar refractivity (Wildman–Crippen MR) is 151 cm³/mol. The van der Waals surface area contributed by atoms with Crippen LogP contribution in [0, 0.1) is 23.7 Å². The molecule has 0 amide bonds. The number of ether oxygens (including phenoxy) is 1. The van der Waals surface area contributed by atoms with Crippen LogP contribution < -0.4 is 0 Å². The molecule has 0 aliphatic heterocycles. The van der Waals surface area contributed by atoms with Crippen molar-refractivity contribution in [1.82, 2.24) is 0 Å². The summed E-state index contributed by atoms with van der Waals surface area (Å²) in [7, 11) is -2.08. The summed E-state index contributed by atoms with van der Waals surface area (Å²) in [6.07, 6.45) is 7.06. The Labute approximate surface area is 221 Å². The zero-order valence-electron chi connectivity index (χ0n) is 24.3. The first-order valence-corrected chi connectivity index (χ1v) is 16.6. The molecule has 4 nitrogen and oxygen atoms in total. The summed E-state index contributed by atoms with van der Waals surface area (Å²) >= 11 is 0. The van der Waals surface area contributed by atoms with E-state index in [0.717, 1.165) is 25.5 Å². The number of esters is 1. The van der Waals surface area contributed by atoms with E-state index in [1.165, 1.54) is 5.56 Å². The van der Waals surface area contributed by atoms with Gasteiger partial charge in [-0.2, -0.15) is 0 Å². The van der Waals surface area contributed by atoms with Crippen molar-refractivity contribution in [1.29, 1.82) is 0 Å². The highest BCUT2D eigenvalue weighted by molar-refractivity contribution is 6.74. The zero-order chi connectivity index (χ0) is 27.3. The van der Waals surface area contributed by atoms with Crippen molar-refractivity contribution in [2.45, 2.75) is 110 Å². The lowest BCUT2D eigenvalue weighted by Crippen LogP contribution is -2.47. The van der Waals surface area contributed by atoms with E-state index in [0.29, 0.717) is 5.92 Å². The SMILES string of the molecule is C[C@@H]1CC[C@@H](C(C)(C)c2ccccc2)[C@H](OC(=O)/C=C/[C@H](C)[C@H](O[Si](C)(C)C(C)(C)C)[C@H](C)C=O)C1. The van der Waals surface area contributed by atoms with E-state index < -0.39 is 8.32 Å². The minimum Gasteiger partial charge on any atom is -0.459 e. The number of hydrogen-bond donors (Lipinski definition) is 0. The molecule has 5 heteroatoms.